The highest BCUT2D eigenvalue weighted by Crippen LogP contribution is 2.25. The fourth-order valence-electron chi connectivity index (χ4n) is 6.48. The topological polar surface area (TPSA) is 115 Å². The van der Waals surface area contributed by atoms with Crippen molar-refractivity contribution < 1.29 is 28.8 Å². The predicted octanol–water partition coefficient (Wildman–Crippen LogP) is 4.52. The first-order valence-electron chi connectivity index (χ1n) is 15.9. The summed E-state index contributed by atoms with van der Waals surface area (Å²) in [6, 6.07) is 20.6. The van der Waals surface area contributed by atoms with Crippen LogP contribution in [-0.4, -0.2) is 94.3 Å². The number of carbonyl (C=O) groups is 6. The van der Waals surface area contributed by atoms with Crippen LogP contribution in [0.2, 0.25) is 0 Å². The van der Waals surface area contributed by atoms with E-state index in [1.165, 1.54) is 14.7 Å². The van der Waals surface area contributed by atoms with Crippen molar-refractivity contribution >= 4 is 35.4 Å². The first-order chi connectivity index (χ1) is 22.4. The summed E-state index contributed by atoms with van der Waals surface area (Å²) < 4.78 is 0. The molecule has 3 aromatic carbocycles. The minimum Gasteiger partial charge on any atom is -0.303 e. The maximum absolute atomic E-state index is 12.7. The molecule has 46 heavy (non-hydrogen) atoms. The van der Waals surface area contributed by atoms with E-state index in [1.807, 2.05) is 0 Å². The lowest BCUT2D eigenvalue weighted by Crippen LogP contribution is -2.34. The van der Waals surface area contributed by atoms with E-state index < -0.39 is 0 Å². The Hall–Kier alpha value is -4.96. The third kappa shape index (κ3) is 6.00. The molecule has 0 aromatic heterocycles. The second-order valence-corrected chi connectivity index (χ2v) is 11.9. The molecule has 0 aliphatic carbocycles. The van der Waals surface area contributed by atoms with E-state index in [0.717, 1.165) is 38.9 Å². The number of benzene rings is 3. The number of hydrogen-bond acceptors (Lipinski definition) is 7. The molecular weight excluding hydrogens is 584 g/mol. The average molecular weight is 621 g/mol. The highest BCUT2D eigenvalue weighted by molar-refractivity contribution is 6.22. The molecule has 0 fully saturated rings. The number of unbranched alkanes of at least 4 members (excludes halogenated alkanes) is 3. The summed E-state index contributed by atoms with van der Waals surface area (Å²) >= 11 is 0. The van der Waals surface area contributed by atoms with Crippen molar-refractivity contribution in [2.75, 3.05) is 39.3 Å². The van der Waals surface area contributed by atoms with Gasteiger partial charge in [-0.15, -0.1) is 0 Å². The third-order valence-corrected chi connectivity index (χ3v) is 8.95. The number of amides is 6. The molecule has 3 aromatic rings. The summed E-state index contributed by atoms with van der Waals surface area (Å²) in [7, 11) is 0. The normalized spacial score (nSPS) is 15.5. The number of imide groups is 3. The minimum absolute atomic E-state index is 0.251. The molecule has 10 nitrogen and oxygen atoms in total. The van der Waals surface area contributed by atoms with E-state index in [4.69, 9.17) is 0 Å². The number of nitrogens with zero attached hydrogens (tertiary/aromatic N) is 4. The van der Waals surface area contributed by atoms with Gasteiger partial charge >= 0.3 is 0 Å². The maximum Gasteiger partial charge on any atom is 0.261 e. The van der Waals surface area contributed by atoms with Gasteiger partial charge in [-0.1, -0.05) is 36.4 Å². The molecule has 0 bridgehead atoms. The summed E-state index contributed by atoms with van der Waals surface area (Å²) in [4.78, 5) is 82.6. The highest BCUT2D eigenvalue weighted by Gasteiger charge is 2.36. The molecule has 3 aliphatic heterocycles. The predicted molar refractivity (Wildman–Crippen MR) is 170 cm³/mol. The van der Waals surface area contributed by atoms with Crippen LogP contribution in [0, 0.1) is 0 Å². The van der Waals surface area contributed by atoms with Crippen molar-refractivity contribution in [1.82, 2.24) is 19.6 Å². The van der Waals surface area contributed by atoms with E-state index in [2.05, 4.69) is 4.90 Å². The van der Waals surface area contributed by atoms with E-state index >= 15 is 0 Å². The smallest absolute Gasteiger partial charge is 0.261 e. The van der Waals surface area contributed by atoms with Gasteiger partial charge in [-0.3, -0.25) is 43.5 Å². The van der Waals surface area contributed by atoms with Gasteiger partial charge in [0.05, 0.1) is 33.4 Å². The van der Waals surface area contributed by atoms with Crippen LogP contribution in [-0.2, 0) is 0 Å². The maximum atomic E-state index is 12.7. The van der Waals surface area contributed by atoms with Gasteiger partial charge in [0.2, 0.25) is 0 Å². The SMILES string of the molecule is O=C1c2ccccc2C(=O)N1CCCCN(CCCCN1C(=O)c2ccccc2C1=O)CCCCN1C(=O)c2ccccc2C1=O. The van der Waals surface area contributed by atoms with Gasteiger partial charge in [-0.05, 0) is 94.6 Å². The van der Waals surface area contributed by atoms with Crippen molar-refractivity contribution in [3.63, 3.8) is 0 Å². The molecule has 3 heterocycles. The van der Waals surface area contributed by atoms with Crippen LogP contribution in [0.4, 0.5) is 0 Å². The number of fused-ring (bicyclic) bond motifs is 3. The molecule has 0 unspecified atom stereocenters. The number of hydrogen-bond donors (Lipinski definition) is 0. The van der Waals surface area contributed by atoms with Gasteiger partial charge in [0.25, 0.3) is 35.4 Å². The van der Waals surface area contributed by atoms with Crippen LogP contribution in [0.25, 0.3) is 0 Å². The first-order valence-corrected chi connectivity index (χ1v) is 15.9. The van der Waals surface area contributed by atoms with Crippen molar-refractivity contribution in [3.05, 3.63) is 106 Å². The second-order valence-electron chi connectivity index (χ2n) is 11.9. The van der Waals surface area contributed by atoms with Crippen molar-refractivity contribution in [1.29, 1.82) is 0 Å². The Balaban J connectivity index is 0.990. The standard InChI is InChI=1S/C36H36N4O6/c41-31-25-13-1-2-14-26(25)32(42)38(31)22-10-7-19-37(20-8-11-23-39-33(43)27-15-3-4-16-28(27)34(39)44)21-9-12-24-40-35(45)29-17-5-6-18-30(29)36(40)46/h1-6,13-18H,7-12,19-24H2. The largest absolute Gasteiger partial charge is 0.303 e. The Morgan fingerprint density at radius 1 is 0.348 bits per heavy atom. The lowest BCUT2D eigenvalue weighted by atomic mass is 10.1. The van der Waals surface area contributed by atoms with E-state index in [0.29, 0.717) is 72.3 Å². The highest BCUT2D eigenvalue weighted by atomic mass is 16.2. The quantitative estimate of drug-likeness (QED) is 0.181. The van der Waals surface area contributed by atoms with Crippen LogP contribution < -0.4 is 0 Å². The Morgan fingerprint density at radius 2 is 0.565 bits per heavy atom. The summed E-state index contributed by atoms with van der Waals surface area (Å²) in [5, 5.41) is 0. The van der Waals surface area contributed by atoms with Crippen LogP contribution in [0.1, 0.15) is 101 Å². The van der Waals surface area contributed by atoms with Crippen LogP contribution >= 0.6 is 0 Å². The lowest BCUT2D eigenvalue weighted by molar-refractivity contribution is 0.0637. The minimum atomic E-state index is -0.251. The fraction of sp³-hybridized carbons (Fsp3) is 0.333. The molecule has 0 saturated carbocycles. The van der Waals surface area contributed by atoms with Crippen molar-refractivity contribution in [3.8, 4) is 0 Å². The number of rotatable bonds is 15. The molecule has 3 aliphatic rings. The van der Waals surface area contributed by atoms with E-state index in [-0.39, 0.29) is 35.4 Å². The molecule has 236 valence electrons. The zero-order chi connectivity index (χ0) is 32.2. The number of carbonyl (C=O) groups excluding carboxylic acids is 6. The first kappa shape index (κ1) is 31.0. The molecule has 0 atom stereocenters. The third-order valence-electron chi connectivity index (χ3n) is 8.95. The van der Waals surface area contributed by atoms with Gasteiger partial charge in [0, 0.05) is 19.6 Å². The molecule has 6 rings (SSSR count). The lowest BCUT2D eigenvalue weighted by Gasteiger charge is -2.24. The summed E-state index contributed by atoms with van der Waals surface area (Å²) in [6.45, 7) is 3.26. The summed E-state index contributed by atoms with van der Waals surface area (Å²) in [5.74, 6) is -1.51. The molecule has 0 N–H and O–H groups in total. The average Bonchev–Trinajstić information content (AvgIpc) is 3.58. The van der Waals surface area contributed by atoms with Gasteiger partial charge < -0.3 is 4.90 Å². The second kappa shape index (κ2) is 13.6. The Labute approximate surface area is 267 Å². The van der Waals surface area contributed by atoms with Gasteiger partial charge in [0.1, 0.15) is 0 Å². The fourth-order valence-corrected chi connectivity index (χ4v) is 6.48. The van der Waals surface area contributed by atoms with Crippen molar-refractivity contribution in [2.24, 2.45) is 0 Å². The Morgan fingerprint density at radius 3 is 0.783 bits per heavy atom. The molecule has 6 amide bonds. The van der Waals surface area contributed by atoms with Gasteiger partial charge in [-0.25, -0.2) is 0 Å². The molecule has 0 saturated heterocycles. The zero-order valence-corrected chi connectivity index (χ0v) is 25.7. The van der Waals surface area contributed by atoms with Gasteiger partial charge in [-0.2, -0.15) is 0 Å². The Bertz CT molecular complexity index is 1410. The zero-order valence-electron chi connectivity index (χ0n) is 25.7. The summed E-state index contributed by atoms with van der Waals surface area (Å²) in [6.07, 6.45) is 4.28. The molecule has 0 radical (unpaired) electrons. The van der Waals surface area contributed by atoms with E-state index in [9.17, 15) is 28.8 Å². The van der Waals surface area contributed by atoms with Crippen LogP contribution in [0.15, 0.2) is 72.8 Å². The van der Waals surface area contributed by atoms with E-state index in [1.54, 1.807) is 72.8 Å². The van der Waals surface area contributed by atoms with Gasteiger partial charge in [0.15, 0.2) is 0 Å². The Kier molecular flexibility index (Phi) is 9.16. The monoisotopic (exact) mass is 620 g/mol. The summed E-state index contributed by atoms with van der Waals surface area (Å²) in [5.41, 5.74) is 2.70. The van der Waals surface area contributed by atoms with Crippen LogP contribution in [0.3, 0.4) is 0 Å². The molecular formula is C36H36N4O6. The molecule has 10 heteroatoms. The molecule has 0 spiro atoms. The van der Waals surface area contributed by atoms with Crippen molar-refractivity contribution in [2.45, 2.75) is 38.5 Å². The van der Waals surface area contributed by atoms with Crippen LogP contribution in [0.5, 0.6) is 0 Å².